The third kappa shape index (κ3) is 5.54. The molecule has 4 rings (SSSR count). The van der Waals surface area contributed by atoms with Crippen LogP contribution in [-0.2, 0) is 11.2 Å². The summed E-state index contributed by atoms with van der Waals surface area (Å²) in [6, 6.07) is 20.7. The molecular weight excluding hydrogens is 510 g/mol. The Labute approximate surface area is 202 Å². The maximum Gasteiger partial charge on any atom is 0.268 e. The van der Waals surface area contributed by atoms with Crippen molar-refractivity contribution in [1.82, 2.24) is 4.98 Å². The molecule has 0 atom stereocenters. The first kappa shape index (κ1) is 22.0. The molecule has 0 aliphatic heterocycles. The number of halogens is 2. The van der Waals surface area contributed by atoms with Gasteiger partial charge in [-0.1, -0.05) is 51.8 Å². The number of rotatable bonds is 6. The maximum atomic E-state index is 12.6. The SMILES string of the molecule is N#C/C(=C\c1ccc(-c2ccc(Br)cc2)o1)C(=O)Nc1ncc(Cc2ccc(Cl)cc2)s1. The van der Waals surface area contributed by atoms with Crippen molar-refractivity contribution in [1.29, 1.82) is 5.26 Å². The highest BCUT2D eigenvalue weighted by Gasteiger charge is 2.14. The Kier molecular flexibility index (Phi) is 6.86. The fourth-order valence-electron chi connectivity index (χ4n) is 2.91. The predicted octanol–water partition coefficient (Wildman–Crippen LogP) is 6.96. The number of nitrogens with zero attached hydrogens (tertiary/aromatic N) is 2. The molecule has 158 valence electrons. The second kappa shape index (κ2) is 9.96. The van der Waals surface area contributed by atoms with Gasteiger partial charge in [-0.15, -0.1) is 11.3 Å². The number of nitriles is 1. The zero-order valence-corrected chi connectivity index (χ0v) is 19.7. The normalized spacial score (nSPS) is 11.2. The summed E-state index contributed by atoms with van der Waals surface area (Å²) in [6.45, 7) is 0. The third-order valence-electron chi connectivity index (χ3n) is 4.47. The van der Waals surface area contributed by atoms with Crippen LogP contribution in [0.2, 0.25) is 5.02 Å². The van der Waals surface area contributed by atoms with Gasteiger partial charge in [-0.25, -0.2) is 4.98 Å². The van der Waals surface area contributed by atoms with Crippen LogP contribution in [-0.4, -0.2) is 10.9 Å². The van der Waals surface area contributed by atoms with E-state index in [4.69, 9.17) is 16.0 Å². The number of amides is 1. The Balaban J connectivity index is 1.44. The van der Waals surface area contributed by atoms with Gasteiger partial charge in [0.2, 0.25) is 0 Å². The Morgan fingerprint density at radius 2 is 1.91 bits per heavy atom. The number of aromatic nitrogens is 1. The van der Waals surface area contributed by atoms with Crippen LogP contribution >= 0.6 is 38.9 Å². The summed E-state index contributed by atoms with van der Waals surface area (Å²) in [5, 5.41) is 13.3. The topological polar surface area (TPSA) is 78.9 Å². The summed E-state index contributed by atoms with van der Waals surface area (Å²) < 4.78 is 6.74. The summed E-state index contributed by atoms with van der Waals surface area (Å²) in [5.41, 5.74) is 1.91. The zero-order chi connectivity index (χ0) is 22.5. The fraction of sp³-hybridized carbons (Fsp3) is 0.0417. The van der Waals surface area contributed by atoms with E-state index in [1.807, 2.05) is 54.6 Å². The number of carbonyl (C=O) groups is 1. The van der Waals surface area contributed by atoms with E-state index in [-0.39, 0.29) is 5.57 Å². The lowest BCUT2D eigenvalue weighted by molar-refractivity contribution is -0.112. The van der Waals surface area contributed by atoms with Gasteiger partial charge in [0.25, 0.3) is 5.91 Å². The molecule has 1 N–H and O–H groups in total. The van der Waals surface area contributed by atoms with E-state index >= 15 is 0 Å². The van der Waals surface area contributed by atoms with E-state index in [0.29, 0.717) is 28.1 Å². The maximum absolute atomic E-state index is 12.6. The van der Waals surface area contributed by atoms with Crippen molar-refractivity contribution in [3.05, 3.63) is 98.1 Å². The molecule has 0 unspecified atom stereocenters. The van der Waals surface area contributed by atoms with Crippen LogP contribution in [0.3, 0.4) is 0 Å². The summed E-state index contributed by atoms with van der Waals surface area (Å²) >= 11 is 10.7. The molecular formula is C24H15BrClN3O2S. The molecule has 0 aliphatic rings. The van der Waals surface area contributed by atoms with Crippen LogP contribution in [0.4, 0.5) is 5.13 Å². The minimum Gasteiger partial charge on any atom is -0.457 e. The summed E-state index contributed by atoms with van der Waals surface area (Å²) in [6.07, 6.45) is 3.80. The van der Waals surface area contributed by atoms with E-state index in [1.54, 1.807) is 18.3 Å². The van der Waals surface area contributed by atoms with Crippen LogP contribution < -0.4 is 5.32 Å². The minimum absolute atomic E-state index is 0.0730. The van der Waals surface area contributed by atoms with Crippen molar-refractivity contribution >= 4 is 56.0 Å². The number of benzene rings is 2. The van der Waals surface area contributed by atoms with Crippen molar-refractivity contribution in [2.45, 2.75) is 6.42 Å². The smallest absolute Gasteiger partial charge is 0.268 e. The molecule has 0 saturated heterocycles. The summed E-state index contributed by atoms with van der Waals surface area (Å²) in [7, 11) is 0. The van der Waals surface area contributed by atoms with Crippen LogP contribution in [0.25, 0.3) is 17.4 Å². The number of hydrogen-bond donors (Lipinski definition) is 1. The van der Waals surface area contributed by atoms with Crippen molar-refractivity contribution in [3.8, 4) is 17.4 Å². The van der Waals surface area contributed by atoms with Crippen LogP contribution in [0, 0.1) is 11.3 Å². The fourth-order valence-corrected chi connectivity index (χ4v) is 4.14. The third-order valence-corrected chi connectivity index (χ3v) is 6.17. The van der Waals surface area contributed by atoms with Crippen LogP contribution in [0.1, 0.15) is 16.2 Å². The van der Waals surface area contributed by atoms with E-state index in [9.17, 15) is 10.1 Å². The summed E-state index contributed by atoms with van der Waals surface area (Å²) in [5.74, 6) is 0.520. The van der Waals surface area contributed by atoms with Gasteiger partial charge in [0.05, 0.1) is 0 Å². The molecule has 2 aromatic carbocycles. The Morgan fingerprint density at radius 1 is 1.16 bits per heavy atom. The molecule has 0 radical (unpaired) electrons. The predicted molar refractivity (Wildman–Crippen MR) is 130 cm³/mol. The van der Waals surface area contributed by atoms with Crippen molar-refractivity contribution in [3.63, 3.8) is 0 Å². The van der Waals surface area contributed by atoms with Gasteiger partial charge in [-0.05, 0) is 42.0 Å². The second-order valence-electron chi connectivity index (χ2n) is 6.77. The molecule has 0 aliphatic carbocycles. The lowest BCUT2D eigenvalue weighted by Crippen LogP contribution is -2.13. The molecule has 4 aromatic rings. The van der Waals surface area contributed by atoms with Gasteiger partial charge < -0.3 is 4.42 Å². The molecule has 1 amide bonds. The molecule has 5 nitrogen and oxygen atoms in total. The van der Waals surface area contributed by atoms with E-state index in [1.165, 1.54) is 17.4 Å². The highest BCUT2D eigenvalue weighted by atomic mass is 79.9. The van der Waals surface area contributed by atoms with E-state index < -0.39 is 5.91 Å². The van der Waals surface area contributed by atoms with Crippen molar-refractivity contribution in [2.75, 3.05) is 5.32 Å². The number of hydrogen-bond acceptors (Lipinski definition) is 5. The first-order chi connectivity index (χ1) is 15.5. The van der Waals surface area contributed by atoms with Gasteiger partial charge >= 0.3 is 0 Å². The lowest BCUT2D eigenvalue weighted by Gasteiger charge is -2.00. The standard InChI is InChI=1S/C24H15BrClN3O2S/c25-18-5-3-16(4-6-18)22-10-9-20(31-22)12-17(13-27)23(30)29-24-28-14-21(32-24)11-15-1-7-19(26)8-2-15/h1-10,12,14H,11H2,(H,28,29,30)/b17-12+. The van der Waals surface area contributed by atoms with Crippen molar-refractivity contribution in [2.24, 2.45) is 0 Å². The second-order valence-corrected chi connectivity index (χ2v) is 9.24. The highest BCUT2D eigenvalue weighted by molar-refractivity contribution is 9.10. The van der Waals surface area contributed by atoms with Gasteiger partial charge in [0, 0.05) is 38.6 Å². The monoisotopic (exact) mass is 523 g/mol. The Bertz CT molecular complexity index is 1320. The van der Waals surface area contributed by atoms with Crippen LogP contribution in [0.15, 0.2) is 81.3 Å². The Morgan fingerprint density at radius 3 is 2.62 bits per heavy atom. The van der Waals surface area contributed by atoms with Gasteiger partial charge in [0.15, 0.2) is 5.13 Å². The van der Waals surface area contributed by atoms with Gasteiger partial charge in [0.1, 0.15) is 23.2 Å². The number of thiazole rings is 1. The highest BCUT2D eigenvalue weighted by Crippen LogP contribution is 2.26. The Hall–Kier alpha value is -3.18. The molecule has 0 bridgehead atoms. The molecule has 32 heavy (non-hydrogen) atoms. The number of carbonyl (C=O) groups excluding carboxylic acids is 1. The number of furan rings is 1. The molecule has 2 heterocycles. The quantitative estimate of drug-likeness (QED) is 0.218. The van der Waals surface area contributed by atoms with Crippen molar-refractivity contribution < 1.29 is 9.21 Å². The number of anilines is 1. The molecule has 0 fully saturated rings. The van der Waals surface area contributed by atoms with E-state index in [2.05, 4.69) is 26.2 Å². The first-order valence-corrected chi connectivity index (χ1v) is 11.5. The number of nitrogens with one attached hydrogen (secondary N) is 1. The molecule has 8 heteroatoms. The zero-order valence-electron chi connectivity index (χ0n) is 16.5. The summed E-state index contributed by atoms with van der Waals surface area (Å²) in [4.78, 5) is 17.8. The van der Waals surface area contributed by atoms with Crippen LogP contribution in [0.5, 0.6) is 0 Å². The van der Waals surface area contributed by atoms with E-state index in [0.717, 1.165) is 20.5 Å². The molecule has 0 spiro atoms. The minimum atomic E-state index is -0.540. The average molecular weight is 525 g/mol. The largest absolute Gasteiger partial charge is 0.457 e. The molecule has 0 saturated carbocycles. The van der Waals surface area contributed by atoms with Gasteiger partial charge in [-0.3, -0.25) is 10.1 Å². The molecule has 2 aromatic heterocycles. The lowest BCUT2D eigenvalue weighted by atomic mass is 10.1. The average Bonchev–Trinajstić information content (AvgIpc) is 3.43. The first-order valence-electron chi connectivity index (χ1n) is 9.48. The van der Waals surface area contributed by atoms with Gasteiger partial charge in [-0.2, -0.15) is 5.26 Å².